The third kappa shape index (κ3) is 2.62. The minimum atomic E-state index is -0.310. The smallest absolute Gasteiger partial charge is 0.261 e. The van der Waals surface area contributed by atoms with Crippen LogP contribution in [0.1, 0.15) is 16.8 Å². The van der Waals surface area contributed by atoms with E-state index in [0.29, 0.717) is 41.8 Å². The van der Waals surface area contributed by atoms with Gasteiger partial charge in [-0.1, -0.05) is 0 Å². The molecule has 0 fully saturated rings. The predicted molar refractivity (Wildman–Crippen MR) is 77.6 cm³/mol. The molecule has 1 aromatic carbocycles. The maximum Gasteiger partial charge on any atom is 0.261 e. The summed E-state index contributed by atoms with van der Waals surface area (Å²) in [6.45, 7) is 1.23. The number of carbonyl (C=O) groups is 1. The van der Waals surface area contributed by atoms with Crippen LogP contribution in [0.25, 0.3) is 0 Å². The van der Waals surface area contributed by atoms with Crippen molar-refractivity contribution in [3.8, 4) is 11.5 Å². The Balaban J connectivity index is 1.80. The Kier molecular flexibility index (Phi) is 3.39. The molecule has 0 saturated heterocycles. The van der Waals surface area contributed by atoms with Crippen LogP contribution in [0.2, 0.25) is 0 Å². The monoisotopic (exact) mass is 288 g/mol. The number of anilines is 2. The maximum atomic E-state index is 12.2. The van der Waals surface area contributed by atoms with E-state index < -0.39 is 0 Å². The summed E-state index contributed by atoms with van der Waals surface area (Å²) in [6.07, 6.45) is 2.27. The van der Waals surface area contributed by atoms with Gasteiger partial charge in [-0.05, 0) is 12.1 Å². The number of fused-ring (bicyclic) bond motifs is 1. The van der Waals surface area contributed by atoms with Gasteiger partial charge in [-0.15, -0.1) is 0 Å². The summed E-state index contributed by atoms with van der Waals surface area (Å²) in [5.74, 6) is 1.33. The Morgan fingerprint density at radius 1 is 1.33 bits per heavy atom. The highest BCUT2D eigenvalue weighted by Gasteiger charge is 2.16. The van der Waals surface area contributed by atoms with E-state index in [9.17, 15) is 4.79 Å². The maximum absolute atomic E-state index is 12.2. The molecule has 21 heavy (non-hydrogen) atoms. The van der Waals surface area contributed by atoms with Crippen LogP contribution < -0.4 is 20.5 Å². The largest absolute Gasteiger partial charge is 0.490 e. The number of nitrogen functional groups attached to an aromatic ring is 1. The summed E-state index contributed by atoms with van der Waals surface area (Å²) in [7, 11) is 1.68. The number of nitrogens with two attached hydrogens (primary N) is 1. The number of nitrogens with one attached hydrogen (secondary N) is 1. The molecule has 0 aliphatic carbocycles. The Labute approximate surface area is 121 Å². The van der Waals surface area contributed by atoms with E-state index in [1.165, 1.54) is 10.9 Å². The van der Waals surface area contributed by atoms with Gasteiger partial charge in [0.2, 0.25) is 0 Å². The molecule has 0 atom stereocenters. The van der Waals surface area contributed by atoms with Crippen molar-refractivity contribution in [1.29, 1.82) is 0 Å². The molecule has 1 aliphatic heterocycles. The lowest BCUT2D eigenvalue weighted by Gasteiger charge is -2.10. The van der Waals surface area contributed by atoms with Gasteiger partial charge >= 0.3 is 0 Å². The highest BCUT2D eigenvalue weighted by molar-refractivity contribution is 6.07. The Bertz CT molecular complexity index is 681. The van der Waals surface area contributed by atoms with Gasteiger partial charge in [0.25, 0.3) is 5.91 Å². The molecule has 0 saturated carbocycles. The molecule has 2 heterocycles. The summed E-state index contributed by atoms with van der Waals surface area (Å²) in [5, 5.41) is 6.72. The molecule has 3 N–H and O–H groups in total. The van der Waals surface area contributed by atoms with Gasteiger partial charge in [-0.25, -0.2) is 0 Å². The molecule has 110 valence electrons. The van der Waals surface area contributed by atoms with Gasteiger partial charge in [0.1, 0.15) is 11.4 Å². The van der Waals surface area contributed by atoms with Crippen molar-refractivity contribution in [1.82, 2.24) is 9.78 Å². The number of aryl methyl sites for hydroxylation is 1. The number of hydrogen-bond donors (Lipinski definition) is 2. The number of benzene rings is 1. The van der Waals surface area contributed by atoms with E-state index in [-0.39, 0.29) is 5.91 Å². The van der Waals surface area contributed by atoms with Crippen molar-refractivity contribution in [2.24, 2.45) is 7.05 Å². The van der Waals surface area contributed by atoms with E-state index in [4.69, 9.17) is 15.2 Å². The number of rotatable bonds is 2. The average Bonchev–Trinajstić information content (AvgIpc) is 2.68. The average molecular weight is 288 g/mol. The van der Waals surface area contributed by atoms with Gasteiger partial charge in [0.05, 0.1) is 19.4 Å². The predicted octanol–water partition coefficient (Wildman–Crippen LogP) is 1.42. The minimum absolute atomic E-state index is 0.310. The summed E-state index contributed by atoms with van der Waals surface area (Å²) in [5.41, 5.74) is 6.74. The normalized spacial score (nSPS) is 13.6. The first-order valence-electron chi connectivity index (χ1n) is 6.63. The lowest BCUT2D eigenvalue weighted by Crippen LogP contribution is -2.13. The van der Waals surface area contributed by atoms with Crippen LogP contribution in [0.3, 0.4) is 0 Å². The van der Waals surface area contributed by atoms with Crippen LogP contribution in [-0.4, -0.2) is 28.9 Å². The van der Waals surface area contributed by atoms with Gasteiger partial charge < -0.3 is 20.5 Å². The third-order valence-electron chi connectivity index (χ3n) is 3.23. The Hall–Kier alpha value is -2.70. The molecular weight excluding hydrogens is 272 g/mol. The van der Waals surface area contributed by atoms with Gasteiger partial charge in [-0.2, -0.15) is 5.10 Å². The molecule has 0 unspecified atom stereocenters. The highest BCUT2D eigenvalue weighted by Crippen LogP contribution is 2.32. The molecule has 3 rings (SSSR count). The molecule has 7 heteroatoms. The van der Waals surface area contributed by atoms with Crippen molar-refractivity contribution in [3.05, 3.63) is 30.0 Å². The number of nitrogens with zero attached hydrogens (tertiary/aromatic N) is 2. The summed E-state index contributed by atoms with van der Waals surface area (Å²) >= 11 is 0. The molecule has 7 nitrogen and oxygen atoms in total. The standard InChI is InChI=1S/C14H16N4O3/c1-18-13(15)10(8-16-18)14(19)17-9-3-4-11-12(7-9)21-6-2-5-20-11/h3-4,7-8H,2,5-6,15H2,1H3,(H,17,19). The van der Waals surface area contributed by atoms with E-state index in [1.807, 2.05) is 0 Å². The first kappa shape index (κ1) is 13.3. The van der Waals surface area contributed by atoms with Crippen LogP contribution >= 0.6 is 0 Å². The third-order valence-corrected chi connectivity index (χ3v) is 3.23. The van der Waals surface area contributed by atoms with E-state index in [2.05, 4.69) is 10.4 Å². The highest BCUT2D eigenvalue weighted by atomic mass is 16.5. The summed E-state index contributed by atoms with van der Waals surface area (Å²) in [6, 6.07) is 5.28. The van der Waals surface area contributed by atoms with E-state index in [1.54, 1.807) is 25.2 Å². The van der Waals surface area contributed by atoms with Crippen LogP contribution in [0, 0.1) is 0 Å². The fourth-order valence-electron chi connectivity index (χ4n) is 2.06. The van der Waals surface area contributed by atoms with Crippen LogP contribution in [-0.2, 0) is 7.05 Å². The number of amides is 1. The van der Waals surface area contributed by atoms with E-state index in [0.717, 1.165) is 6.42 Å². The molecule has 1 aliphatic rings. The summed E-state index contributed by atoms with van der Waals surface area (Å²) in [4.78, 5) is 12.2. The second-order valence-electron chi connectivity index (χ2n) is 4.73. The second-order valence-corrected chi connectivity index (χ2v) is 4.73. The lowest BCUT2D eigenvalue weighted by atomic mass is 10.2. The van der Waals surface area contributed by atoms with Crippen LogP contribution in [0.5, 0.6) is 11.5 Å². The lowest BCUT2D eigenvalue weighted by molar-refractivity contribution is 0.102. The Morgan fingerprint density at radius 2 is 2.10 bits per heavy atom. The molecule has 1 amide bonds. The van der Waals surface area contributed by atoms with Crippen molar-refractivity contribution in [2.75, 3.05) is 24.3 Å². The molecule has 0 bridgehead atoms. The first-order valence-corrected chi connectivity index (χ1v) is 6.63. The fraction of sp³-hybridized carbons (Fsp3) is 0.286. The van der Waals surface area contributed by atoms with Crippen LogP contribution in [0.15, 0.2) is 24.4 Å². The van der Waals surface area contributed by atoms with Crippen LogP contribution in [0.4, 0.5) is 11.5 Å². The van der Waals surface area contributed by atoms with Crippen molar-refractivity contribution in [2.45, 2.75) is 6.42 Å². The molecular formula is C14H16N4O3. The molecule has 1 aromatic heterocycles. The quantitative estimate of drug-likeness (QED) is 0.872. The molecule has 0 radical (unpaired) electrons. The fourth-order valence-corrected chi connectivity index (χ4v) is 2.06. The summed E-state index contributed by atoms with van der Waals surface area (Å²) < 4.78 is 12.6. The molecule has 2 aromatic rings. The second kappa shape index (κ2) is 5.35. The zero-order valence-electron chi connectivity index (χ0n) is 11.6. The van der Waals surface area contributed by atoms with Crippen molar-refractivity contribution >= 4 is 17.4 Å². The van der Waals surface area contributed by atoms with Crippen molar-refractivity contribution < 1.29 is 14.3 Å². The van der Waals surface area contributed by atoms with Gasteiger partial charge in [-0.3, -0.25) is 9.48 Å². The Morgan fingerprint density at radius 3 is 2.81 bits per heavy atom. The number of aromatic nitrogens is 2. The first-order chi connectivity index (χ1) is 10.1. The van der Waals surface area contributed by atoms with Gasteiger partial charge in [0.15, 0.2) is 11.5 Å². The topological polar surface area (TPSA) is 91.4 Å². The van der Waals surface area contributed by atoms with Crippen molar-refractivity contribution in [3.63, 3.8) is 0 Å². The zero-order chi connectivity index (χ0) is 14.8. The number of ether oxygens (including phenoxy) is 2. The van der Waals surface area contributed by atoms with E-state index >= 15 is 0 Å². The zero-order valence-corrected chi connectivity index (χ0v) is 11.6. The minimum Gasteiger partial charge on any atom is -0.490 e. The van der Waals surface area contributed by atoms with Gasteiger partial charge in [0, 0.05) is 25.2 Å². The SMILES string of the molecule is Cn1ncc(C(=O)Nc2ccc3c(c2)OCCCO3)c1N. The number of hydrogen-bond acceptors (Lipinski definition) is 5. The number of carbonyl (C=O) groups excluding carboxylic acids is 1. The molecule has 0 spiro atoms.